The lowest BCUT2D eigenvalue weighted by molar-refractivity contribution is -0.143. The topological polar surface area (TPSA) is 95.9 Å². The second kappa shape index (κ2) is 68.6. The van der Waals surface area contributed by atoms with Gasteiger partial charge in [0.2, 0.25) is 5.91 Å². The first kappa shape index (κ1) is 77.1. The van der Waals surface area contributed by atoms with Gasteiger partial charge in [-0.1, -0.05) is 333 Å². The summed E-state index contributed by atoms with van der Waals surface area (Å²) in [4.78, 5) is 24.6. The molecule has 0 radical (unpaired) electrons. The molecule has 466 valence electrons. The largest absolute Gasteiger partial charge is 0.466 e. The number of amides is 1. The summed E-state index contributed by atoms with van der Waals surface area (Å²) in [7, 11) is 0. The molecule has 79 heavy (non-hydrogen) atoms. The third kappa shape index (κ3) is 65.1. The van der Waals surface area contributed by atoms with E-state index in [4.69, 9.17) is 4.74 Å². The third-order valence-corrected chi connectivity index (χ3v) is 16.6. The lowest BCUT2D eigenvalue weighted by Crippen LogP contribution is -2.45. The number of rotatable bonds is 67. The molecule has 0 aromatic carbocycles. The van der Waals surface area contributed by atoms with Crippen LogP contribution >= 0.6 is 0 Å². The number of esters is 1. The summed E-state index contributed by atoms with van der Waals surface area (Å²) < 4.78 is 5.48. The van der Waals surface area contributed by atoms with E-state index in [1.807, 2.05) is 6.08 Å². The predicted octanol–water partition coefficient (Wildman–Crippen LogP) is 23.1. The van der Waals surface area contributed by atoms with Gasteiger partial charge in [0.15, 0.2) is 0 Å². The number of aliphatic hydroxyl groups excluding tert-OH is 2. The van der Waals surface area contributed by atoms with Crippen molar-refractivity contribution < 1.29 is 24.5 Å². The third-order valence-electron chi connectivity index (χ3n) is 16.6. The van der Waals surface area contributed by atoms with Crippen molar-refractivity contribution in [1.82, 2.24) is 5.32 Å². The summed E-state index contributed by atoms with van der Waals surface area (Å²) in [5.74, 6) is -0.0592. The van der Waals surface area contributed by atoms with Crippen LogP contribution < -0.4 is 5.32 Å². The van der Waals surface area contributed by atoms with E-state index in [0.717, 1.165) is 44.9 Å². The highest BCUT2D eigenvalue weighted by atomic mass is 16.5. The summed E-state index contributed by atoms with van der Waals surface area (Å²) in [6.45, 7) is 4.92. The first-order valence-corrected chi connectivity index (χ1v) is 35.8. The zero-order valence-corrected chi connectivity index (χ0v) is 53.4. The second-order valence-electron chi connectivity index (χ2n) is 24.6. The van der Waals surface area contributed by atoms with E-state index in [1.165, 1.54) is 321 Å². The minimum atomic E-state index is -0.846. The van der Waals surface area contributed by atoms with Gasteiger partial charge in [-0.15, -0.1) is 0 Å². The Bertz CT molecular complexity index is 1280. The van der Waals surface area contributed by atoms with Crippen LogP contribution in [0.25, 0.3) is 0 Å². The average Bonchev–Trinajstić information content (AvgIpc) is 3.45. The van der Waals surface area contributed by atoms with E-state index in [0.29, 0.717) is 19.4 Å². The molecule has 6 nitrogen and oxygen atoms in total. The number of hydrogen-bond donors (Lipinski definition) is 3. The van der Waals surface area contributed by atoms with Crippen molar-refractivity contribution in [2.45, 2.75) is 405 Å². The predicted molar refractivity (Wildman–Crippen MR) is 347 cm³/mol. The van der Waals surface area contributed by atoms with E-state index in [9.17, 15) is 19.8 Å². The van der Waals surface area contributed by atoms with Gasteiger partial charge in [-0.25, -0.2) is 0 Å². The Balaban J connectivity index is 3.42. The van der Waals surface area contributed by atoms with E-state index in [1.54, 1.807) is 6.08 Å². The number of carbonyl (C=O) groups excluding carboxylic acids is 2. The van der Waals surface area contributed by atoms with E-state index < -0.39 is 12.1 Å². The van der Waals surface area contributed by atoms with Crippen molar-refractivity contribution in [2.24, 2.45) is 0 Å². The Morgan fingerprint density at radius 2 is 0.595 bits per heavy atom. The number of allylic oxidation sites excluding steroid dienone is 5. The summed E-state index contributed by atoms with van der Waals surface area (Å²) in [6.07, 6.45) is 88.0. The number of hydrogen-bond acceptors (Lipinski definition) is 5. The molecule has 0 heterocycles. The van der Waals surface area contributed by atoms with E-state index in [2.05, 4.69) is 43.5 Å². The summed E-state index contributed by atoms with van der Waals surface area (Å²) in [5, 5.41) is 23.3. The lowest BCUT2D eigenvalue weighted by Gasteiger charge is -2.20. The van der Waals surface area contributed by atoms with Gasteiger partial charge in [0.25, 0.3) is 0 Å². The molecule has 0 spiro atoms. The van der Waals surface area contributed by atoms with Crippen LogP contribution in [-0.4, -0.2) is 47.4 Å². The normalized spacial score (nSPS) is 12.7. The number of ether oxygens (including phenoxy) is 1. The van der Waals surface area contributed by atoms with Crippen LogP contribution in [-0.2, 0) is 14.3 Å². The minimum Gasteiger partial charge on any atom is -0.466 e. The summed E-state index contributed by atoms with van der Waals surface area (Å²) >= 11 is 0. The molecule has 0 aliphatic carbocycles. The maximum Gasteiger partial charge on any atom is 0.305 e. The highest BCUT2D eigenvalue weighted by molar-refractivity contribution is 5.76. The number of unbranched alkanes of at least 4 members (excludes halogenated alkanes) is 52. The van der Waals surface area contributed by atoms with Gasteiger partial charge in [0, 0.05) is 12.8 Å². The van der Waals surface area contributed by atoms with Crippen LogP contribution in [0.4, 0.5) is 0 Å². The first-order valence-electron chi connectivity index (χ1n) is 35.8. The van der Waals surface area contributed by atoms with Gasteiger partial charge in [0.1, 0.15) is 0 Å². The molecule has 0 aliphatic rings. The van der Waals surface area contributed by atoms with E-state index >= 15 is 0 Å². The maximum absolute atomic E-state index is 12.5. The van der Waals surface area contributed by atoms with Crippen LogP contribution in [0.5, 0.6) is 0 Å². The quantitative estimate of drug-likeness (QED) is 0.0320. The van der Waals surface area contributed by atoms with Crippen molar-refractivity contribution in [2.75, 3.05) is 13.2 Å². The molecule has 0 saturated heterocycles. The maximum atomic E-state index is 12.5. The van der Waals surface area contributed by atoms with Gasteiger partial charge in [0.05, 0.1) is 25.4 Å². The molecule has 2 atom stereocenters. The van der Waals surface area contributed by atoms with Crippen LogP contribution in [0.2, 0.25) is 0 Å². The van der Waals surface area contributed by atoms with Crippen molar-refractivity contribution in [3.05, 3.63) is 36.5 Å². The van der Waals surface area contributed by atoms with Crippen LogP contribution in [0, 0.1) is 0 Å². The van der Waals surface area contributed by atoms with Gasteiger partial charge in [-0.3, -0.25) is 9.59 Å². The minimum absolute atomic E-state index is 0.00587. The zero-order valence-electron chi connectivity index (χ0n) is 53.4. The summed E-state index contributed by atoms with van der Waals surface area (Å²) in [5.41, 5.74) is 0. The molecular weight excluding hydrogens is 971 g/mol. The van der Waals surface area contributed by atoms with Crippen LogP contribution in [0.3, 0.4) is 0 Å². The Hall–Kier alpha value is -1.92. The standard InChI is InChI=1S/C73H139NO5/c1-3-5-7-9-11-13-15-17-18-19-20-21-29-32-35-38-42-45-49-53-57-61-65-71(76)70(69-75)74-72(77)66-62-58-54-50-46-43-39-36-33-30-27-25-23-22-24-26-28-31-34-37-40-44-48-52-56-60-64-68-79-73(78)67-63-59-55-51-47-41-16-14-12-10-8-6-4-2/h14,16,22-23,61,65,70-71,75-76H,3-13,15,17-21,24-60,62-64,66-69H2,1-2H3,(H,74,77)/b16-14-,23-22-,65-61+. The van der Waals surface area contributed by atoms with Gasteiger partial charge in [-0.2, -0.15) is 0 Å². The lowest BCUT2D eigenvalue weighted by atomic mass is 10.0. The van der Waals surface area contributed by atoms with Crippen LogP contribution in [0.15, 0.2) is 36.5 Å². The Morgan fingerprint density at radius 3 is 0.911 bits per heavy atom. The van der Waals surface area contributed by atoms with Gasteiger partial charge < -0.3 is 20.3 Å². The number of nitrogens with one attached hydrogen (secondary N) is 1. The summed E-state index contributed by atoms with van der Waals surface area (Å²) in [6, 6.07) is -0.630. The Kier molecular flexibility index (Phi) is 66.9. The molecule has 0 aromatic rings. The van der Waals surface area contributed by atoms with Gasteiger partial charge >= 0.3 is 5.97 Å². The highest BCUT2D eigenvalue weighted by Gasteiger charge is 2.18. The molecular formula is C73H139NO5. The molecule has 0 rings (SSSR count). The van der Waals surface area contributed by atoms with Crippen LogP contribution in [0.1, 0.15) is 393 Å². The average molecular weight is 1110 g/mol. The fraction of sp³-hybridized carbons (Fsp3) is 0.890. The Morgan fingerprint density at radius 1 is 0.342 bits per heavy atom. The second-order valence-corrected chi connectivity index (χ2v) is 24.6. The number of aliphatic hydroxyl groups is 2. The number of carbonyl (C=O) groups is 2. The molecule has 2 unspecified atom stereocenters. The fourth-order valence-electron chi connectivity index (χ4n) is 11.2. The van der Waals surface area contributed by atoms with Crippen molar-refractivity contribution in [1.29, 1.82) is 0 Å². The smallest absolute Gasteiger partial charge is 0.305 e. The molecule has 0 bridgehead atoms. The Labute approximate surface area is 494 Å². The monoisotopic (exact) mass is 1110 g/mol. The SMILES string of the molecule is CCCCCC/C=C\CCCCCCCC(=O)OCCCCCCCCCCCCCC/C=C\CCCCCCCCCCCCCC(=O)NC(CO)C(O)/C=C/CCCCCCCCCCCCCCCCCCCCCC. The molecule has 0 aliphatic heterocycles. The van der Waals surface area contributed by atoms with Crippen molar-refractivity contribution in [3.8, 4) is 0 Å². The molecule has 6 heteroatoms. The fourth-order valence-corrected chi connectivity index (χ4v) is 11.2. The van der Waals surface area contributed by atoms with E-state index in [-0.39, 0.29) is 18.5 Å². The zero-order chi connectivity index (χ0) is 57.1. The molecule has 3 N–H and O–H groups in total. The van der Waals surface area contributed by atoms with Crippen molar-refractivity contribution in [3.63, 3.8) is 0 Å². The highest BCUT2D eigenvalue weighted by Crippen LogP contribution is 2.18. The molecule has 0 aromatic heterocycles. The first-order chi connectivity index (χ1) is 39.0. The molecule has 0 fully saturated rings. The molecule has 1 amide bonds. The van der Waals surface area contributed by atoms with Crippen molar-refractivity contribution >= 4 is 11.9 Å². The van der Waals surface area contributed by atoms with Gasteiger partial charge in [-0.05, 0) is 83.5 Å². The molecule has 0 saturated carbocycles.